The normalized spacial score (nSPS) is 17.0. The fourth-order valence-electron chi connectivity index (χ4n) is 3.14. The number of thiophene rings is 1. The van der Waals surface area contributed by atoms with E-state index in [4.69, 9.17) is 0 Å². The van der Waals surface area contributed by atoms with E-state index in [1.54, 1.807) is 29.5 Å². The van der Waals surface area contributed by atoms with E-state index in [9.17, 15) is 9.18 Å². The highest BCUT2D eigenvalue weighted by atomic mass is 32.2. The van der Waals surface area contributed by atoms with Gasteiger partial charge >= 0.3 is 0 Å². The highest BCUT2D eigenvalue weighted by Crippen LogP contribution is 2.35. The first-order valence-corrected chi connectivity index (χ1v) is 10.2. The number of thioether (sulfide) groups is 1. The molecule has 0 bridgehead atoms. The highest BCUT2D eigenvalue weighted by molar-refractivity contribution is 7.99. The number of nitrogens with one attached hydrogen (secondary N) is 1. The summed E-state index contributed by atoms with van der Waals surface area (Å²) in [6, 6.07) is 10.7. The molecule has 1 aliphatic heterocycles. The molecule has 3 aromatic rings. The van der Waals surface area contributed by atoms with Crippen molar-refractivity contribution >= 4 is 29.0 Å². The number of H-pyrrole nitrogens is 1. The monoisotopic (exact) mass is 388 g/mol. The third kappa shape index (κ3) is 3.52. The maximum Gasteiger partial charge on any atom is 0.233 e. The van der Waals surface area contributed by atoms with E-state index >= 15 is 0 Å². The summed E-state index contributed by atoms with van der Waals surface area (Å²) in [5, 5.41) is 9.33. The summed E-state index contributed by atoms with van der Waals surface area (Å²) in [6.07, 6.45) is 2.03. The maximum absolute atomic E-state index is 13.8. The zero-order chi connectivity index (χ0) is 17.9. The number of halogens is 1. The Morgan fingerprint density at radius 1 is 1.35 bits per heavy atom. The minimum atomic E-state index is -0.355. The van der Waals surface area contributed by atoms with E-state index < -0.39 is 0 Å². The van der Waals surface area contributed by atoms with Gasteiger partial charge in [-0.1, -0.05) is 30.0 Å². The van der Waals surface area contributed by atoms with Crippen molar-refractivity contribution in [1.82, 2.24) is 20.1 Å². The average molecular weight is 388 g/mol. The Kier molecular flexibility index (Phi) is 5.03. The molecule has 1 aromatic carbocycles. The zero-order valence-electron chi connectivity index (χ0n) is 13.9. The molecular weight excluding hydrogens is 371 g/mol. The van der Waals surface area contributed by atoms with Gasteiger partial charge in [-0.05, 0) is 36.4 Å². The van der Waals surface area contributed by atoms with Crippen molar-refractivity contribution < 1.29 is 9.18 Å². The molecule has 0 unspecified atom stereocenters. The second kappa shape index (κ2) is 7.59. The smallest absolute Gasteiger partial charge is 0.233 e. The van der Waals surface area contributed by atoms with Crippen molar-refractivity contribution in [3.63, 3.8) is 0 Å². The number of benzene rings is 1. The van der Waals surface area contributed by atoms with Gasteiger partial charge in [0.05, 0.1) is 17.4 Å². The Bertz CT molecular complexity index is 896. The predicted octanol–water partition coefficient (Wildman–Crippen LogP) is 4.13. The molecule has 0 saturated carbocycles. The number of likely N-dealkylation sites (tertiary alicyclic amines) is 1. The SMILES string of the molecule is O=C(CSc1n[nH]c(-c2ccccc2F)n1)N1CCC[C@@H]1c1cccs1. The number of hydrogen-bond acceptors (Lipinski definition) is 5. The third-order valence-electron chi connectivity index (χ3n) is 4.36. The topological polar surface area (TPSA) is 61.9 Å². The lowest BCUT2D eigenvalue weighted by atomic mass is 10.2. The molecule has 2 aromatic heterocycles. The quantitative estimate of drug-likeness (QED) is 0.668. The fraction of sp³-hybridized carbons (Fsp3) is 0.278. The number of hydrogen-bond donors (Lipinski definition) is 1. The summed E-state index contributed by atoms with van der Waals surface area (Å²) in [7, 11) is 0. The molecule has 1 fully saturated rings. The van der Waals surface area contributed by atoms with Crippen LogP contribution in [0, 0.1) is 5.82 Å². The van der Waals surface area contributed by atoms with Crippen LogP contribution in [0.3, 0.4) is 0 Å². The van der Waals surface area contributed by atoms with Crippen molar-refractivity contribution in [2.45, 2.75) is 24.0 Å². The molecule has 1 N–H and O–H groups in total. The first-order chi connectivity index (χ1) is 12.7. The molecule has 0 aliphatic carbocycles. The molecule has 0 spiro atoms. The largest absolute Gasteiger partial charge is 0.334 e. The summed E-state index contributed by atoms with van der Waals surface area (Å²) in [4.78, 5) is 20.1. The highest BCUT2D eigenvalue weighted by Gasteiger charge is 2.30. The van der Waals surface area contributed by atoms with Crippen LogP contribution >= 0.6 is 23.1 Å². The number of aromatic amines is 1. The lowest BCUT2D eigenvalue weighted by Gasteiger charge is -2.23. The van der Waals surface area contributed by atoms with Gasteiger partial charge in [-0.3, -0.25) is 9.89 Å². The van der Waals surface area contributed by atoms with Crippen molar-refractivity contribution in [2.75, 3.05) is 12.3 Å². The van der Waals surface area contributed by atoms with E-state index in [2.05, 4.69) is 21.2 Å². The minimum Gasteiger partial charge on any atom is -0.334 e. The Morgan fingerprint density at radius 3 is 3.04 bits per heavy atom. The summed E-state index contributed by atoms with van der Waals surface area (Å²) < 4.78 is 13.8. The van der Waals surface area contributed by atoms with Crippen LogP contribution in [0.4, 0.5) is 4.39 Å². The van der Waals surface area contributed by atoms with Gasteiger partial charge in [0.15, 0.2) is 5.82 Å². The van der Waals surface area contributed by atoms with Crippen LogP contribution in [-0.2, 0) is 4.79 Å². The first-order valence-electron chi connectivity index (χ1n) is 8.35. The second-order valence-corrected chi connectivity index (χ2v) is 7.92. The zero-order valence-corrected chi connectivity index (χ0v) is 15.5. The number of carbonyl (C=O) groups is 1. The van der Waals surface area contributed by atoms with Crippen LogP contribution in [0.5, 0.6) is 0 Å². The third-order valence-corrected chi connectivity index (χ3v) is 6.17. The predicted molar refractivity (Wildman–Crippen MR) is 101 cm³/mol. The minimum absolute atomic E-state index is 0.0862. The van der Waals surface area contributed by atoms with Gasteiger partial charge in [-0.25, -0.2) is 9.37 Å². The van der Waals surface area contributed by atoms with Gasteiger partial charge < -0.3 is 4.90 Å². The number of nitrogens with zero attached hydrogens (tertiary/aromatic N) is 3. The van der Waals surface area contributed by atoms with Gasteiger partial charge in [0.1, 0.15) is 5.82 Å². The number of aromatic nitrogens is 3. The summed E-state index contributed by atoms with van der Waals surface area (Å²) in [5.74, 6) is 0.377. The molecule has 26 heavy (non-hydrogen) atoms. The second-order valence-electron chi connectivity index (χ2n) is 6.00. The van der Waals surface area contributed by atoms with E-state index in [-0.39, 0.29) is 23.5 Å². The molecule has 8 heteroatoms. The molecule has 1 atom stereocenters. The molecular formula is C18H17FN4OS2. The fourth-order valence-corrected chi connectivity index (χ4v) is 4.69. The summed E-state index contributed by atoms with van der Waals surface area (Å²) in [6.45, 7) is 0.788. The lowest BCUT2D eigenvalue weighted by molar-refractivity contribution is -0.129. The standard InChI is InChI=1S/C18H17FN4OS2/c19-13-6-2-1-5-12(13)17-20-18(22-21-17)26-11-16(24)23-9-3-7-14(23)15-8-4-10-25-15/h1-2,4-6,8,10,14H,3,7,9,11H2,(H,20,21,22)/t14-/m1/s1. The molecule has 1 saturated heterocycles. The van der Waals surface area contributed by atoms with Gasteiger partial charge in [0.2, 0.25) is 11.1 Å². The van der Waals surface area contributed by atoms with Crippen LogP contribution in [0.1, 0.15) is 23.8 Å². The maximum atomic E-state index is 13.8. The molecule has 0 radical (unpaired) electrons. The van der Waals surface area contributed by atoms with Crippen LogP contribution in [-0.4, -0.2) is 38.3 Å². The van der Waals surface area contributed by atoms with Gasteiger partial charge in [-0.15, -0.1) is 16.4 Å². The molecule has 134 valence electrons. The summed E-state index contributed by atoms with van der Waals surface area (Å²) >= 11 is 2.96. The Labute approximate surface area is 158 Å². The van der Waals surface area contributed by atoms with Gasteiger partial charge in [-0.2, -0.15) is 0 Å². The van der Waals surface area contributed by atoms with E-state index in [0.29, 0.717) is 16.5 Å². The van der Waals surface area contributed by atoms with Crippen LogP contribution in [0.2, 0.25) is 0 Å². The number of carbonyl (C=O) groups excluding carboxylic acids is 1. The Morgan fingerprint density at radius 2 is 2.23 bits per heavy atom. The van der Waals surface area contributed by atoms with Crippen LogP contribution < -0.4 is 0 Å². The molecule has 1 aliphatic rings. The van der Waals surface area contributed by atoms with Crippen molar-refractivity contribution in [3.8, 4) is 11.4 Å². The summed E-state index contributed by atoms with van der Waals surface area (Å²) in [5.41, 5.74) is 0.371. The molecule has 1 amide bonds. The average Bonchev–Trinajstić information content (AvgIpc) is 3.40. The van der Waals surface area contributed by atoms with Crippen LogP contribution in [0.15, 0.2) is 46.9 Å². The first kappa shape index (κ1) is 17.2. The van der Waals surface area contributed by atoms with Crippen molar-refractivity contribution in [2.24, 2.45) is 0 Å². The lowest BCUT2D eigenvalue weighted by Crippen LogP contribution is -2.31. The molecule has 5 nitrogen and oxygen atoms in total. The Hall–Kier alpha value is -2.19. The van der Waals surface area contributed by atoms with Crippen LogP contribution in [0.25, 0.3) is 11.4 Å². The number of rotatable bonds is 5. The molecule has 3 heterocycles. The molecule has 4 rings (SSSR count). The van der Waals surface area contributed by atoms with Gasteiger partial charge in [0, 0.05) is 11.4 Å². The van der Waals surface area contributed by atoms with Crippen molar-refractivity contribution in [3.05, 3.63) is 52.5 Å². The Balaban J connectivity index is 1.40. The van der Waals surface area contributed by atoms with Crippen molar-refractivity contribution in [1.29, 1.82) is 0 Å². The van der Waals surface area contributed by atoms with Gasteiger partial charge in [0.25, 0.3) is 0 Å². The number of amides is 1. The van der Waals surface area contributed by atoms with E-state index in [1.807, 2.05) is 16.3 Å². The van der Waals surface area contributed by atoms with E-state index in [0.717, 1.165) is 19.4 Å². The van der Waals surface area contributed by atoms with E-state index in [1.165, 1.54) is 22.7 Å².